The smallest absolute Gasteiger partial charge is 0.229 e. The summed E-state index contributed by atoms with van der Waals surface area (Å²) in [5.41, 5.74) is 4.01. The molecule has 0 radical (unpaired) electrons. The third kappa shape index (κ3) is 2.92. The van der Waals surface area contributed by atoms with E-state index in [4.69, 9.17) is 0 Å². The van der Waals surface area contributed by atoms with Crippen LogP contribution in [0.5, 0.6) is 0 Å². The second kappa shape index (κ2) is 6.04. The van der Waals surface area contributed by atoms with Crippen molar-refractivity contribution >= 4 is 34.0 Å². The van der Waals surface area contributed by atoms with Crippen LogP contribution in [0.1, 0.15) is 5.56 Å². The fraction of sp³-hybridized carbons (Fsp3) is 0.0526. The van der Waals surface area contributed by atoms with E-state index in [2.05, 4.69) is 31.7 Å². The zero-order valence-corrected chi connectivity index (χ0v) is 13.2. The van der Waals surface area contributed by atoms with Crippen LogP contribution in [0, 0.1) is 6.92 Å². The van der Waals surface area contributed by atoms with E-state index in [1.807, 2.05) is 67.8 Å². The summed E-state index contributed by atoms with van der Waals surface area (Å²) >= 11 is 0. The Balaban J connectivity index is 1.60. The lowest BCUT2D eigenvalue weighted by atomic mass is 10.2. The fourth-order valence-corrected chi connectivity index (χ4v) is 2.54. The molecule has 0 spiro atoms. The van der Waals surface area contributed by atoms with Gasteiger partial charge in [0.15, 0.2) is 0 Å². The van der Waals surface area contributed by atoms with E-state index in [-0.39, 0.29) is 0 Å². The number of fused-ring (bicyclic) bond motifs is 1. The van der Waals surface area contributed by atoms with Gasteiger partial charge in [-0.1, -0.05) is 24.3 Å². The highest BCUT2D eigenvalue weighted by Gasteiger charge is 2.05. The lowest BCUT2D eigenvalue weighted by Gasteiger charge is -2.11. The molecule has 0 aliphatic rings. The summed E-state index contributed by atoms with van der Waals surface area (Å²) in [5.74, 6) is 1.35. The molecule has 3 N–H and O–H groups in total. The second-order valence-corrected chi connectivity index (χ2v) is 5.62. The molecule has 0 saturated heterocycles. The zero-order chi connectivity index (χ0) is 16.4. The first kappa shape index (κ1) is 14.3. The monoisotopic (exact) mass is 315 g/mol. The predicted octanol–water partition coefficient (Wildman–Crippen LogP) is 4.75. The van der Waals surface area contributed by atoms with Gasteiger partial charge in [0.05, 0.1) is 0 Å². The lowest BCUT2D eigenvalue weighted by molar-refractivity contribution is 1.13. The molecule has 0 fully saturated rings. The summed E-state index contributed by atoms with van der Waals surface area (Å²) < 4.78 is 0. The number of rotatable bonds is 4. The minimum Gasteiger partial charge on any atom is -0.361 e. The van der Waals surface area contributed by atoms with Crippen LogP contribution in [0.25, 0.3) is 10.9 Å². The summed E-state index contributed by atoms with van der Waals surface area (Å²) in [6.07, 6.45) is 3.74. The van der Waals surface area contributed by atoms with Gasteiger partial charge in [0.1, 0.15) is 5.82 Å². The second-order valence-electron chi connectivity index (χ2n) is 5.62. The third-order valence-corrected chi connectivity index (χ3v) is 3.82. The van der Waals surface area contributed by atoms with E-state index in [9.17, 15) is 0 Å². The number of aryl methyl sites for hydroxylation is 1. The Hall–Kier alpha value is -3.34. The van der Waals surface area contributed by atoms with Crippen LogP contribution in [0.3, 0.4) is 0 Å². The predicted molar refractivity (Wildman–Crippen MR) is 98.1 cm³/mol. The Labute approximate surface area is 139 Å². The average molecular weight is 315 g/mol. The minimum absolute atomic E-state index is 0.560. The number of benzene rings is 2. The van der Waals surface area contributed by atoms with Gasteiger partial charge >= 0.3 is 0 Å². The molecule has 118 valence electrons. The van der Waals surface area contributed by atoms with Crippen LogP contribution in [0.4, 0.5) is 23.1 Å². The van der Waals surface area contributed by atoms with Crippen molar-refractivity contribution in [1.82, 2.24) is 15.0 Å². The number of aromatic amines is 1. The maximum absolute atomic E-state index is 4.59. The van der Waals surface area contributed by atoms with E-state index < -0.39 is 0 Å². The van der Waals surface area contributed by atoms with Crippen LogP contribution >= 0.6 is 0 Å². The number of hydrogen-bond donors (Lipinski definition) is 3. The fourth-order valence-electron chi connectivity index (χ4n) is 2.54. The van der Waals surface area contributed by atoms with Crippen LogP contribution in [-0.2, 0) is 0 Å². The quantitative estimate of drug-likeness (QED) is 0.508. The van der Waals surface area contributed by atoms with E-state index >= 15 is 0 Å². The van der Waals surface area contributed by atoms with Crippen LogP contribution in [0.2, 0.25) is 0 Å². The van der Waals surface area contributed by atoms with Gasteiger partial charge in [-0.05, 0) is 42.6 Å². The summed E-state index contributed by atoms with van der Waals surface area (Å²) in [5, 5.41) is 7.76. The molecule has 2 aromatic carbocycles. The van der Waals surface area contributed by atoms with E-state index in [0.717, 1.165) is 28.3 Å². The number of aromatic nitrogens is 3. The number of H-pyrrole nitrogens is 1. The van der Waals surface area contributed by atoms with Crippen molar-refractivity contribution in [3.05, 3.63) is 72.6 Å². The first-order valence-electron chi connectivity index (χ1n) is 7.78. The largest absolute Gasteiger partial charge is 0.361 e. The molecular weight excluding hydrogens is 298 g/mol. The van der Waals surface area contributed by atoms with Crippen molar-refractivity contribution in [2.24, 2.45) is 0 Å². The van der Waals surface area contributed by atoms with Gasteiger partial charge in [0, 0.05) is 34.8 Å². The van der Waals surface area contributed by atoms with Crippen molar-refractivity contribution in [2.75, 3.05) is 10.6 Å². The number of nitrogens with zero attached hydrogens (tertiary/aromatic N) is 2. The highest BCUT2D eigenvalue weighted by Crippen LogP contribution is 2.22. The molecule has 2 aromatic heterocycles. The lowest BCUT2D eigenvalue weighted by Crippen LogP contribution is -2.02. The highest BCUT2D eigenvalue weighted by atomic mass is 15.1. The van der Waals surface area contributed by atoms with E-state index in [0.29, 0.717) is 5.95 Å². The molecule has 5 heteroatoms. The van der Waals surface area contributed by atoms with Gasteiger partial charge in [-0.2, -0.15) is 4.98 Å². The molecular formula is C19H17N5. The molecule has 0 aliphatic heterocycles. The Morgan fingerprint density at radius 3 is 2.67 bits per heavy atom. The van der Waals surface area contributed by atoms with Crippen LogP contribution in [-0.4, -0.2) is 15.0 Å². The van der Waals surface area contributed by atoms with Crippen molar-refractivity contribution < 1.29 is 0 Å². The molecule has 0 amide bonds. The molecule has 0 saturated carbocycles. The molecule has 4 aromatic rings. The molecule has 2 heterocycles. The van der Waals surface area contributed by atoms with Gasteiger partial charge in [0.25, 0.3) is 0 Å². The molecule has 0 bridgehead atoms. The molecule has 0 unspecified atom stereocenters. The molecule has 0 atom stereocenters. The number of nitrogens with one attached hydrogen (secondary N) is 3. The summed E-state index contributed by atoms with van der Waals surface area (Å²) in [7, 11) is 0. The maximum atomic E-state index is 4.59. The first-order valence-corrected chi connectivity index (χ1v) is 7.78. The number of anilines is 4. The molecule has 4 rings (SSSR count). The summed E-state index contributed by atoms with van der Waals surface area (Å²) in [6.45, 7) is 1.99. The van der Waals surface area contributed by atoms with Crippen molar-refractivity contribution in [2.45, 2.75) is 6.92 Å². The van der Waals surface area contributed by atoms with Gasteiger partial charge in [-0.15, -0.1) is 0 Å². The molecule has 5 nitrogen and oxygen atoms in total. The van der Waals surface area contributed by atoms with Crippen molar-refractivity contribution in [3.8, 4) is 0 Å². The van der Waals surface area contributed by atoms with Gasteiger partial charge in [-0.3, -0.25) is 0 Å². The van der Waals surface area contributed by atoms with E-state index in [1.165, 1.54) is 5.39 Å². The maximum Gasteiger partial charge on any atom is 0.229 e. The summed E-state index contributed by atoms with van der Waals surface area (Å²) in [6, 6.07) is 18.2. The summed E-state index contributed by atoms with van der Waals surface area (Å²) in [4.78, 5) is 12.2. The Kier molecular flexibility index (Phi) is 3.59. The first-order chi connectivity index (χ1) is 11.8. The zero-order valence-electron chi connectivity index (χ0n) is 13.2. The average Bonchev–Trinajstić information content (AvgIpc) is 3.06. The Morgan fingerprint density at radius 1 is 0.917 bits per heavy atom. The van der Waals surface area contributed by atoms with Crippen molar-refractivity contribution in [3.63, 3.8) is 0 Å². The SMILES string of the molecule is Cc1cnc(Nc2ccc3cc[nH]c3c2)nc1Nc1ccccc1. The van der Waals surface area contributed by atoms with Gasteiger partial charge < -0.3 is 15.6 Å². The normalized spacial score (nSPS) is 10.7. The highest BCUT2D eigenvalue weighted by molar-refractivity contribution is 5.83. The number of para-hydroxylation sites is 1. The van der Waals surface area contributed by atoms with Crippen LogP contribution < -0.4 is 10.6 Å². The minimum atomic E-state index is 0.560. The Bertz CT molecular complexity index is 975. The van der Waals surface area contributed by atoms with E-state index in [1.54, 1.807) is 0 Å². The van der Waals surface area contributed by atoms with Gasteiger partial charge in [-0.25, -0.2) is 4.98 Å². The van der Waals surface area contributed by atoms with Crippen LogP contribution in [0.15, 0.2) is 67.0 Å². The molecule has 0 aliphatic carbocycles. The topological polar surface area (TPSA) is 65.6 Å². The van der Waals surface area contributed by atoms with Crippen molar-refractivity contribution in [1.29, 1.82) is 0 Å². The molecule has 24 heavy (non-hydrogen) atoms. The van der Waals surface area contributed by atoms with Gasteiger partial charge in [0.2, 0.25) is 5.95 Å². The third-order valence-electron chi connectivity index (χ3n) is 3.82. The standard InChI is InChI=1S/C19H17N5/c1-13-12-21-19(24-18(13)22-15-5-3-2-4-6-15)23-16-8-7-14-9-10-20-17(14)11-16/h2-12,20H,1H3,(H2,21,22,23,24). The number of hydrogen-bond acceptors (Lipinski definition) is 4. The Morgan fingerprint density at radius 2 is 1.79 bits per heavy atom.